The van der Waals surface area contributed by atoms with Gasteiger partial charge in [0, 0.05) is 30.6 Å². The topological polar surface area (TPSA) is 82.6 Å². The maximum atomic E-state index is 13.0. The molecule has 24 heavy (non-hydrogen) atoms. The summed E-state index contributed by atoms with van der Waals surface area (Å²) in [6.07, 6.45) is 1.76. The van der Waals surface area contributed by atoms with Crippen LogP contribution in [-0.2, 0) is 9.53 Å². The molecule has 0 unspecified atom stereocenters. The number of amides is 1. The number of hydrogen-bond donors (Lipinski definition) is 2. The van der Waals surface area contributed by atoms with Crippen molar-refractivity contribution >= 4 is 38.7 Å². The lowest BCUT2D eigenvalue weighted by Gasteiger charge is -2.24. The van der Waals surface area contributed by atoms with Gasteiger partial charge >= 0.3 is 5.97 Å². The van der Waals surface area contributed by atoms with Crippen molar-refractivity contribution in [3.8, 4) is 0 Å². The van der Waals surface area contributed by atoms with E-state index in [9.17, 15) is 9.59 Å². The van der Waals surface area contributed by atoms with Crippen molar-refractivity contribution in [2.75, 3.05) is 19.7 Å². The molecule has 1 saturated heterocycles. The number of fused-ring (bicyclic) bond motifs is 1. The second kappa shape index (κ2) is 7.36. The van der Waals surface area contributed by atoms with Gasteiger partial charge in [0.15, 0.2) is 0 Å². The largest absolute Gasteiger partial charge is 0.481 e. The number of ether oxygens (including phenoxy) is 1. The van der Waals surface area contributed by atoms with Crippen LogP contribution in [0, 0.1) is 0 Å². The number of carbonyl (C=O) groups excluding carboxylic acids is 1. The molecule has 0 saturated carbocycles. The number of aliphatic carboxylic acids is 1. The van der Waals surface area contributed by atoms with Crippen LogP contribution in [0.3, 0.4) is 0 Å². The lowest BCUT2D eigenvalue weighted by atomic mass is 10.2. The number of nitrogens with zero attached hydrogens (tertiary/aromatic N) is 1. The molecule has 128 valence electrons. The molecule has 0 spiro atoms. The summed E-state index contributed by atoms with van der Waals surface area (Å²) < 4.78 is 6.31. The van der Waals surface area contributed by atoms with E-state index in [4.69, 9.17) is 9.84 Å². The number of para-hydroxylation sites is 1. The van der Waals surface area contributed by atoms with Crippen LogP contribution in [0.2, 0.25) is 0 Å². The third kappa shape index (κ3) is 3.62. The Morgan fingerprint density at radius 1 is 1.38 bits per heavy atom. The lowest BCUT2D eigenvalue weighted by molar-refractivity contribution is -0.137. The second-order valence-corrected chi connectivity index (χ2v) is 6.68. The average Bonchev–Trinajstić information content (AvgIpc) is 3.19. The summed E-state index contributed by atoms with van der Waals surface area (Å²) in [7, 11) is 0. The van der Waals surface area contributed by atoms with E-state index >= 15 is 0 Å². The minimum atomic E-state index is -0.921. The number of carbonyl (C=O) groups is 2. The standard InChI is InChI=1S/C17H19BrN2O4/c18-15-12-5-1-2-6-13(12)19-16(15)17(23)20(8-7-14(21)22)10-11-4-3-9-24-11/h1-2,5-6,11,19H,3-4,7-10H2,(H,21,22)/t11-/m1/s1. The summed E-state index contributed by atoms with van der Waals surface area (Å²) in [6, 6.07) is 7.63. The van der Waals surface area contributed by atoms with Gasteiger partial charge in [-0.2, -0.15) is 0 Å². The number of halogens is 1. The predicted molar refractivity (Wildman–Crippen MR) is 93.1 cm³/mol. The highest BCUT2D eigenvalue weighted by molar-refractivity contribution is 9.10. The summed E-state index contributed by atoms with van der Waals surface area (Å²) in [5.74, 6) is -1.13. The van der Waals surface area contributed by atoms with Gasteiger partial charge in [-0.25, -0.2) is 0 Å². The summed E-state index contributed by atoms with van der Waals surface area (Å²) in [5.41, 5.74) is 1.31. The molecular weight excluding hydrogens is 376 g/mol. The number of hydrogen-bond acceptors (Lipinski definition) is 3. The highest BCUT2D eigenvalue weighted by Crippen LogP contribution is 2.29. The van der Waals surface area contributed by atoms with Gasteiger partial charge in [0.2, 0.25) is 0 Å². The fourth-order valence-electron chi connectivity index (χ4n) is 2.95. The summed E-state index contributed by atoms with van der Waals surface area (Å²) in [4.78, 5) is 28.6. The predicted octanol–water partition coefficient (Wildman–Crippen LogP) is 3.03. The van der Waals surface area contributed by atoms with Crippen molar-refractivity contribution < 1.29 is 19.4 Å². The minimum Gasteiger partial charge on any atom is -0.481 e. The zero-order valence-electron chi connectivity index (χ0n) is 13.1. The third-order valence-corrected chi connectivity index (χ3v) is 5.01. The first-order chi connectivity index (χ1) is 11.6. The minimum absolute atomic E-state index is 0.0223. The zero-order valence-corrected chi connectivity index (χ0v) is 14.7. The number of aromatic amines is 1. The Hall–Kier alpha value is -1.86. The molecule has 3 rings (SSSR count). The number of rotatable bonds is 6. The van der Waals surface area contributed by atoms with Crippen molar-refractivity contribution in [3.63, 3.8) is 0 Å². The number of H-pyrrole nitrogens is 1. The van der Waals surface area contributed by atoms with Crippen molar-refractivity contribution in [2.24, 2.45) is 0 Å². The molecule has 0 aliphatic carbocycles. The first kappa shape index (κ1) is 17.0. The smallest absolute Gasteiger partial charge is 0.305 e. The highest BCUT2D eigenvalue weighted by Gasteiger charge is 2.26. The molecule has 1 aliphatic heterocycles. The van der Waals surface area contributed by atoms with Gasteiger partial charge in [0.1, 0.15) is 5.69 Å². The summed E-state index contributed by atoms with van der Waals surface area (Å²) >= 11 is 3.49. The Bertz CT molecular complexity index is 752. The molecule has 1 amide bonds. The first-order valence-electron chi connectivity index (χ1n) is 7.95. The monoisotopic (exact) mass is 394 g/mol. The van der Waals surface area contributed by atoms with Gasteiger partial charge in [-0.15, -0.1) is 0 Å². The SMILES string of the molecule is O=C(O)CCN(C[C@H]1CCCO1)C(=O)c1[nH]c2ccccc2c1Br. The first-order valence-corrected chi connectivity index (χ1v) is 8.74. The summed E-state index contributed by atoms with van der Waals surface area (Å²) in [5, 5.41) is 9.89. The Kier molecular flexibility index (Phi) is 5.20. The Labute approximate surface area is 147 Å². The van der Waals surface area contributed by atoms with Crippen LogP contribution in [0.15, 0.2) is 28.7 Å². The van der Waals surface area contributed by atoms with E-state index in [1.54, 1.807) is 4.90 Å². The number of nitrogens with one attached hydrogen (secondary N) is 1. The van der Waals surface area contributed by atoms with E-state index in [1.807, 2.05) is 24.3 Å². The van der Waals surface area contributed by atoms with Gasteiger partial charge < -0.3 is 19.7 Å². The molecular formula is C17H19BrN2O4. The maximum absolute atomic E-state index is 13.0. The molecule has 1 aromatic carbocycles. The molecule has 2 aromatic rings. The van der Waals surface area contributed by atoms with Crippen LogP contribution in [0.25, 0.3) is 10.9 Å². The number of carboxylic acid groups (broad SMARTS) is 1. The van der Waals surface area contributed by atoms with Crippen molar-refractivity contribution in [3.05, 3.63) is 34.4 Å². The van der Waals surface area contributed by atoms with Crippen LogP contribution in [0.4, 0.5) is 0 Å². The van der Waals surface area contributed by atoms with Crippen molar-refractivity contribution in [2.45, 2.75) is 25.4 Å². The van der Waals surface area contributed by atoms with Gasteiger partial charge in [-0.3, -0.25) is 9.59 Å². The maximum Gasteiger partial charge on any atom is 0.305 e. The molecule has 7 heteroatoms. The molecule has 2 heterocycles. The van der Waals surface area contributed by atoms with E-state index in [0.717, 1.165) is 23.7 Å². The fourth-order valence-corrected chi connectivity index (χ4v) is 3.57. The quantitative estimate of drug-likeness (QED) is 0.788. The molecule has 1 fully saturated rings. The Morgan fingerprint density at radius 2 is 2.17 bits per heavy atom. The van der Waals surface area contributed by atoms with E-state index in [2.05, 4.69) is 20.9 Å². The number of benzene rings is 1. The molecule has 1 aliphatic rings. The second-order valence-electron chi connectivity index (χ2n) is 5.89. The average molecular weight is 395 g/mol. The Balaban J connectivity index is 1.84. The molecule has 1 atom stereocenters. The number of carboxylic acids is 1. The van der Waals surface area contributed by atoms with Crippen LogP contribution in [-0.4, -0.2) is 52.7 Å². The van der Waals surface area contributed by atoms with Gasteiger partial charge in [0.05, 0.1) is 17.0 Å². The van der Waals surface area contributed by atoms with E-state index in [1.165, 1.54) is 0 Å². The van der Waals surface area contributed by atoms with Crippen molar-refractivity contribution in [1.29, 1.82) is 0 Å². The fraction of sp³-hybridized carbons (Fsp3) is 0.412. The van der Waals surface area contributed by atoms with Crippen LogP contribution in [0.1, 0.15) is 29.8 Å². The molecule has 2 N–H and O–H groups in total. The molecule has 0 bridgehead atoms. The molecule has 1 aromatic heterocycles. The van der Waals surface area contributed by atoms with Crippen LogP contribution >= 0.6 is 15.9 Å². The third-order valence-electron chi connectivity index (χ3n) is 4.19. The zero-order chi connectivity index (χ0) is 17.1. The van der Waals surface area contributed by atoms with E-state index < -0.39 is 5.97 Å². The normalized spacial score (nSPS) is 17.3. The summed E-state index contributed by atoms with van der Waals surface area (Å²) in [6.45, 7) is 1.27. The van der Waals surface area contributed by atoms with Gasteiger partial charge in [-0.05, 0) is 34.8 Å². The van der Waals surface area contributed by atoms with Gasteiger partial charge in [-0.1, -0.05) is 18.2 Å². The highest BCUT2D eigenvalue weighted by atomic mass is 79.9. The van der Waals surface area contributed by atoms with E-state index in [0.29, 0.717) is 23.3 Å². The van der Waals surface area contributed by atoms with E-state index in [-0.39, 0.29) is 25.0 Å². The van der Waals surface area contributed by atoms with Crippen LogP contribution < -0.4 is 0 Å². The van der Waals surface area contributed by atoms with Gasteiger partial charge in [0.25, 0.3) is 5.91 Å². The molecule has 6 nitrogen and oxygen atoms in total. The number of aromatic nitrogens is 1. The molecule has 0 radical (unpaired) electrons. The van der Waals surface area contributed by atoms with Crippen LogP contribution in [0.5, 0.6) is 0 Å². The van der Waals surface area contributed by atoms with Crippen molar-refractivity contribution in [1.82, 2.24) is 9.88 Å². The lowest BCUT2D eigenvalue weighted by Crippen LogP contribution is -2.39. The Morgan fingerprint density at radius 3 is 2.83 bits per heavy atom.